The third kappa shape index (κ3) is 4.71. The Morgan fingerprint density at radius 2 is 2.24 bits per heavy atom. The third-order valence-electron chi connectivity index (χ3n) is 1.92. The van der Waals surface area contributed by atoms with E-state index in [-0.39, 0.29) is 11.8 Å². The van der Waals surface area contributed by atoms with Crippen molar-refractivity contribution in [2.24, 2.45) is 0 Å². The maximum Gasteiger partial charge on any atom is 0.422 e. The number of halogens is 3. The lowest BCUT2D eigenvalue weighted by atomic mass is 10.2. The van der Waals surface area contributed by atoms with Crippen LogP contribution in [-0.2, 0) is 4.79 Å². The van der Waals surface area contributed by atoms with E-state index in [4.69, 9.17) is 0 Å². The number of pyridine rings is 1. The van der Waals surface area contributed by atoms with Crippen LogP contribution in [0.15, 0.2) is 18.3 Å². The van der Waals surface area contributed by atoms with Crippen molar-refractivity contribution in [3.05, 3.63) is 24.0 Å². The molecule has 0 saturated carbocycles. The number of alkyl halides is 3. The fourth-order valence-electron chi connectivity index (χ4n) is 1.09. The number of nitrogens with zero attached hydrogens (tertiary/aromatic N) is 1. The summed E-state index contributed by atoms with van der Waals surface area (Å²) >= 11 is 0. The van der Waals surface area contributed by atoms with Gasteiger partial charge in [0, 0.05) is 0 Å². The fourth-order valence-corrected chi connectivity index (χ4v) is 1.09. The molecule has 1 atom stereocenters. The van der Waals surface area contributed by atoms with Crippen LogP contribution in [0, 0.1) is 0 Å². The molecule has 1 heterocycles. The Balaban J connectivity index is 2.59. The summed E-state index contributed by atoms with van der Waals surface area (Å²) in [5.74, 6) is 0.0318. The van der Waals surface area contributed by atoms with Gasteiger partial charge in [0.1, 0.15) is 5.75 Å². The van der Waals surface area contributed by atoms with E-state index in [1.807, 2.05) is 0 Å². The Morgan fingerprint density at radius 3 is 2.71 bits per heavy atom. The van der Waals surface area contributed by atoms with Gasteiger partial charge in [0.25, 0.3) is 0 Å². The van der Waals surface area contributed by atoms with Crippen LogP contribution in [0.1, 0.15) is 18.7 Å². The number of aromatic nitrogens is 1. The van der Waals surface area contributed by atoms with Crippen molar-refractivity contribution in [3.8, 4) is 5.75 Å². The van der Waals surface area contributed by atoms with E-state index in [2.05, 4.69) is 15.0 Å². The van der Waals surface area contributed by atoms with Gasteiger partial charge in [-0.3, -0.25) is 9.78 Å². The topological polar surface area (TPSA) is 51.2 Å². The van der Waals surface area contributed by atoms with Crippen LogP contribution in [0.25, 0.3) is 0 Å². The van der Waals surface area contributed by atoms with Gasteiger partial charge in [-0.1, -0.05) is 0 Å². The molecule has 1 unspecified atom stereocenters. The minimum atomic E-state index is -4.37. The number of hydrogen-bond acceptors (Lipinski definition) is 3. The first-order valence-electron chi connectivity index (χ1n) is 4.77. The summed E-state index contributed by atoms with van der Waals surface area (Å²) in [6.07, 6.45) is -2.66. The summed E-state index contributed by atoms with van der Waals surface area (Å²) in [6.45, 7) is 0.350. The summed E-state index contributed by atoms with van der Waals surface area (Å²) in [6, 6.07) is 2.56. The van der Waals surface area contributed by atoms with Gasteiger partial charge >= 0.3 is 6.18 Å². The summed E-state index contributed by atoms with van der Waals surface area (Å²) < 4.78 is 40.1. The van der Waals surface area contributed by atoms with Crippen LogP contribution in [0.5, 0.6) is 5.75 Å². The minimum absolute atomic E-state index is 0.0318. The number of hydrogen-bond donors (Lipinski definition) is 1. The molecule has 0 aliphatic carbocycles. The normalized spacial score (nSPS) is 12.9. The monoisotopic (exact) mass is 248 g/mol. The van der Waals surface area contributed by atoms with E-state index >= 15 is 0 Å². The predicted molar refractivity (Wildman–Crippen MR) is 53.4 cm³/mol. The van der Waals surface area contributed by atoms with Crippen molar-refractivity contribution in [1.29, 1.82) is 0 Å². The Hall–Kier alpha value is -1.79. The molecule has 1 rings (SSSR count). The number of carbonyl (C=O) groups is 1. The highest BCUT2D eigenvalue weighted by molar-refractivity contribution is 5.47. The molecule has 7 heteroatoms. The van der Waals surface area contributed by atoms with Gasteiger partial charge in [-0.05, 0) is 19.1 Å². The quantitative estimate of drug-likeness (QED) is 0.809. The number of ether oxygens (including phenoxy) is 1. The highest BCUT2D eigenvalue weighted by Gasteiger charge is 2.28. The van der Waals surface area contributed by atoms with Crippen molar-refractivity contribution in [1.82, 2.24) is 10.3 Å². The first-order chi connectivity index (χ1) is 7.92. The average molecular weight is 248 g/mol. The van der Waals surface area contributed by atoms with E-state index in [1.54, 1.807) is 6.92 Å². The number of rotatable bonds is 5. The molecule has 0 saturated heterocycles. The number of amides is 1. The first-order valence-corrected chi connectivity index (χ1v) is 4.77. The molecule has 1 N–H and O–H groups in total. The maximum absolute atomic E-state index is 11.9. The predicted octanol–water partition coefficient (Wildman–Crippen LogP) is 1.83. The van der Waals surface area contributed by atoms with Gasteiger partial charge in [-0.25, -0.2) is 0 Å². The molecule has 0 bridgehead atoms. The molecular formula is C10H11F3N2O2. The average Bonchev–Trinajstić information content (AvgIpc) is 2.26. The second-order valence-electron chi connectivity index (χ2n) is 3.33. The minimum Gasteiger partial charge on any atom is -0.483 e. The Bertz CT molecular complexity index is 365. The largest absolute Gasteiger partial charge is 0.483 e. The Labute approximate surface area is 95.8 Å². The molecule has 0 fully saturated rings. The smallest absolute Gasteiger partial charge is 0.422 e. The van der Waals surface area contributed by atoms with Crippen molar-refractivity contribution in [2.75, 3.05) is 6.61 Å². The van der Waals surface area contributed by atoms with Crippen LogP contribution < -0.4 is 10.1 Å². The van der Waals surface area contributed by atoms with Gasteiger partial charge < -0.3 is 10.1 Å². The maximum atomic E-state index is 11.9. The van der Waals surface area contributed by atoms with Crippen molar-refractivity contribution in [2.45, 2.75) is 19.1 Å². The van der Waals surface area contributed by atoms with Crippen molar-refractivity contribution in [3.63, 3.8) is 0 Å². The van der Waals surface area contributed by atoms with E-state index in [0.29, 0.717) is 12.1 Å². The summed E-state index contributed by atoms with van der Waals surface area (Å²) in [5, 5.41) is 2.47. The van der Waals surface area contributed by atoms with Gasteiger partial charge in [0.05, 0.1) is 17.9 Å². The second-order valence-corrected chi connectivity index (χ2v) is 3.33. The number of carbonyl (C=O) groups excluding carboxylic acids is 1. The van der Waals surface area contributed by atoms with Gasteiger partial charge in [-0.2, -0.15) is 13.2 Å². The van der Waals surface area contributed by atoms with E-state index in [0.717, 1.165) is 0 Å². The zero-order chi connectivity index (χ0) is 12.9. The van der Waals surface area contributed by atoms with Gasteiger partial charge in [0.2, 0.25) is 6.41 Å². The van der Waals surface area contributed by atoms with Crippen LogP contribution in [0.3, 0.4) is 0 Å². The molecule has 0 aromatic carbocycles. The van der Waals surface area contributed by atoms with Crippen LogP contribution in [0.4, 0.5) is 13.2 Å². The molecule has 17 heavy (non-hydrogen) atoms. The second kappa shape index (κ2) is 5.51. The molecular weight excluding hydrogens is 237 g/mol. The van der Waals surface area contributed by atoms with E-state index < -0.39 is 12.8 Å². The molecule has 1 amide bonds. The highest BCUT2D eigenvalue weighted by atomic mass is 19.4. The molecule has 0 radical (unpaired) electrons. The van der Waals surface area contributed by atoms with Crippen LogP contribution in [0.2, 0.25) is 0 Å². The molecule has 1 aromatic heterocycles. The lowest BCUT2D eigenvalue weighted by Crippen LogP contribution is -2.20. The summed E-state index contributed by atoms with van der Waals surface area (Å²) in [7, 11) is 0. The Morgan fingerprint density at radius 1 is 1.53 bits per heavy atom. The third-order valence-corrected chi connectivity index (χ3v) is 1.92. The highest BCUT2D eigenvalue weighted by Crippen LogP contribution is 2.19. The lowest BCUT2D eigenvalue weighted by Gasteiger charge is -2.11. The molecule has 4 nitrogen and oxygen atoms in total. The fraction of sp³-hybridized carbons (Fsp3) is 0.400. The molecule has 0 aliphatic heterocycles. The Kier molecular flexibility index (Phi) is 4.30. The standard InChI is InChI=1S/C10H11F3N2O2/c1-7(15-6-16)9-3-2-8(4-14-9)17-5-10(11,12)13/h2-4,6-7H,5H2,1H3,(H,15,16). The summed E-state index contributed by atoms with van der Waals surface area (Å²) in [5.41, 5.74) is 0.538. The van der Waals surface area contributed by atoms with Gasteiger partial charge in [-0.15, -0.1) is 0 Å². The molecule has 0 spiro atoms. The van der Waals surface area contributed by atoms with Gasteiger partial charge in [0.15, 0.2) is 6.61 Å². The first kappa shape index (κ1) is 13.3. The van der Waals surface area contributed by atoms with E-state index in [9.17, 15) is 18.0 Å². The molecule has 94 valence electrons. The molecule has 1 aromatic rings. The zero-order valence-electron chi connectivity index (χ0n) is 8.99. The molecule has 0 aliphatic rings. The zero-order valence-corrected chi connectivity index (χ0v) is 8.99. The van der Waals surface area contributed by atoms with E-state index in [1.165, 1.54) is 18.3 Å². The lowest BCUT2D eigenvalue weighted by molar-refractivity contribution is -0.153. The van der Waals surface area contributed by atoms with Crippen LogP contribution >= 0.6 is 0 Å². The van der Waals surface area contributed by atoms with Crippen molar-refractivity contribution < 1.29 is 22.7 Å². The van der Waals surface area contributed by atoms with Crippen LogP contribution in [-0.4, -0.2) is 24.2 Å². The van der Waals surface area contributed by atoms with Crippen molar-refractivity contribution >= 4 is 6.41 Å². The number of nitrogens with one attached hydrogen (secondary N) is 1. The SMILES string of the molecule is CC(NC=O)c1ccc(OCC(F)(F)F)cn1. The summed E-state index contributed by atoms with van der Waals surface area (Å²) in [4.78, 5) is 14.1.